The van der Waals surface area contributed by atoms with Crippen LogP contribution in [-0.2, 0) is 6.54 Å². The summed E-state index contributed by atoms with van der Waals surface area (Å²) in [5.41, 5.74) is 1.27. The summed E-state index contributed by atoms with van der Waals surface area (Å²) >= 11 is 9.51. The van der Waals surface area contributed by atoms with Crippen molar-refractivity contribution in [1.82, 2.24) is 10.2 Å². The number of rotatable bonds is 3. The molecule has 1 heterocycles. The van der Waals surface area contributed by atoms with Gasteiger partial charge < -0.3 is 10.2 Å². The highest BCUT2D eigenvalue weighted by atomic mass is 79.9. The van der Waals surface area contributed by atoms with E-state index in [1.54, 1.807) is 0 Å². The maximum absolute atomic E-state index is 5.95. The summed E-state index contributed by atoms with van der Waals surface area (Å²) in [7, 11) is 2.20. The van der Waals surface area contributed by atoms with Gasteiger partial charge in [0.1, 0.15) is 0 Å². The first kappa shape index (κ1) is 14.3. The standard InChI is InChI=1S/C14H20BrClN2/c1-10-9-18(2)6-5-14(10)17-8-11-3-4-12(16)7-13(11)15/h3-4,7,10,14,17H,5-6,8-9H2,1-2H3. The van der Waals surface area contributed by atoms with Crippen molar-refractivity contribution >= 4 is 27.5 Å². The number of likely N-dealkylation sites (tertiary alicyclic amines) is 1. The molecular weight excluding hydrogens is 312 g/mol. The molecule has 0 aromatic heterocycles. The zero-order chi connectivity index (χ0) is 13.1. The van der Waals surface area contributed by atoms with E-state index in [-0.39, 0.29) is 0 Å². The van der Waals surface area contributed by atoms with Crippen LogP contribution in [0.2, 0.25) is 5.02 Å². The topological polar surface area (TPSA) is 15.3 Å². The fourth-order valence-corrected chi connectivity index (χ4v) is 3.39. The van der Waals surface area contributed by atoms with E-state index in [1.165, 1.54) is 25.1 Å². The van der Waals surface area contributed by atoms with Gasteiger partial charge in [-0.1, -0.05) is 40.5 Å². The number of halogens is 2. The van der Waals surface area contributed by atoms with Gasteiger partial charge in [-0.3, -0.25) is 0 Å². The maximum atomic E-state index is 5.95. The lowest BCUT2D eigenvalue weighted by atomic mass is 9.94. The zero-order valence-electron chi connectivity index (χ0n) is 10.9. The first-order chi connectivity index (χ1) is 8.56. The van der Waals surface area contributed by atoms with Crippen molar-refractivity contribution in [2.45, 2.75) is 25.9 Å². The molecule has 0 aliphatic carbocycles. The second-order valence-electron chi connectivity index (χ2n) is 5.25. The van der Waals surface area contributed by atoms with Crippen LogP contribution in [0.1, 0.15) is 18.9 Å². The molecule has 0 amide bonds. The van der Waals surface area contributed by atoms with Gasteiger partial charge >= 0.3 is 0 Å². The van der Waals surface area contributed by atoms with Crippen LogP contribution < -0.4 is 5.32 Å². The summed E-state index contributed by atoms with van der Waals surface area (Å²) in [5.74, 6) is 0.704. The highest BCUT2D eigenvalue weighted by Gasteiger charge is 2.23. The second kappa shape index (κ2) is 6.38. The number of hydrogen-bond acceptors (Lipinski definition) is 2. The van der Waals surface area contributed by atoms with E-state index < -0.39 is 0 Å². The van der Waals surface area contributed by atoms with Crippen molar-refractivity contribution in [3.8, 4) is 0 Å². The quantitative estimate of drug-likeness (QED) is 0.911. The van der Waals surface area contributed by atoms with Crippen molar-refractivity contribution in [3.63, 3.8) is 0 Å². The van der Waals surface area contributed by atoms with E-state index in [4.69, 9.17) is 11.6 Å². The molecule has 1 aliphatic heterocycles. The molecule has 2 rings (SSSR count). The van der Waals surface area contributed by atoms with Gasteiger partial charge in [0, 0.05) is 28.6 Å². The smallest absolute Gasteiger partial charge is 0.0417 e. The molecule has 0 saturated carbocycles. The van der Waals surface area contributed by atoms with Crippen LogP contribution >= 0.6 is 27.5 Å². The molecule has 2 atom stereocenters. The molecule has 1 aliphatic rings. The van der Waals surface area contributed by atoms with Gasteiger partial charge in [0.05, 0.1) is 0 Å². The Bertz CT molecular complexity index is 411. The molecule has 0 radical (unpaired) electrons. The number of hydrogen-bond donors (Lipinski definition) is 1. The highest BCUT2D eigenvalue weighted by Crippen LogP contribution is 2.22. The number of benzene rings is 1. The van der Waals surface area contributed by atoms with Crippen molar-refractivity contribution in [3.05, 3.63) is 33.3 Å². The van der Waals surface area contributed by atoms with Gasteiger partial charge in [-0.2, -0.15) is 0 Å². The summed E-state index contributed by atoms with van der Waals surface area (Å²) in [5, 5.41) is 4.44. The van der Waals surface area contributed by atoms with Crippen LogP contribution in [0.4, 0.5) is 0 Å². The van der Waals surface area contributed by atoms with Gasteiger partial charge in [0.2, 0.25) is 0 Å². The summed E-state index contributed by atoms with van der Waals surface area (Å²) in [4.78, 5) is 2.40. The van der Waals surface area contributed by atoms with Crippen LogP contribution in [0.15, 0.2) is 22.7 Å². The van der Waals surface area contributed by atoms with Crippen molar-refractivity contribution in [2.75, 3.05) is 20.1 Å². The third-order valence-electron chi connectivity index (χ3n) is 3.68. The lowest BCUT2D eigenvalue weighted by molar-refractivity contribution is 0.174. The maximum Gasteiger partial charge on any atom is 0.0417 e. The van der Waals surface area contributed by atoms with Crippen molar-refractivity contribution in [1.29, 1.82) is 0 Å². The van der Waals surface area contributed by atoms with Crippen LogP contribution in [-0.4, -0.2) is 31.1 Å². The highest BCUT2D eigenvalue weighted by molar-refractivity contribution is 9.10. The van der Waals surface area contributed by atoms with Gasteiger partial charge in [0.15, 0.2) is 0 Å². The van der Waals surface area contributed by atoms with Crippen LogP contribution in [0.25, 0.3) is 0 Å². The Morgan fingerprint density at radius 1 is 1.50 bits per heavy atom. The van der Waals surface area contributed by atoms with E-state index in [0.717, 1.165) is 16.0 Å². The van der Waals surface area contributed by atoms with Crippen LogP contribution in [0, 0.1) is 5.92 Å². The summed E-state index contributed by atoms with van der Waals surface area (Å²) in [6.07, 6.45) is 1.23. The molecule has 1 saturated heterocycles. The SMILES string of the molecule is CC1CN(C)CCC1NCc1ccc(Cl)cc1Br. The molecule has 0 bridgehead atoms. The van der Waals surface area contributed by atoms with Gasteiger partial charge in [-0.25, -0.2) is 0 Å². The number of nitrogens with one attached hydrogen (secondary N) is 1. The Morgan fingerprint density at radius 3 is 2.94 bits per heavy atom. The molecule has 2 nitrogen and oxygen atoms in total. The Labute approximate surface area is 123 Å². The molecule has 1 aromatic carbocycles. The number of piperidine rings is 1. The van der Waals surface area contributed by atoms with Crippen LogP contribution in [0.5, 0.6) is 0 Å². The summed E-state index contributed by atoms with van der Waals surface area (Å²) in [6.45, 7) is 5.59. The average molecular weight is 332 g/mol. The zero-order valence-corrected chi connectivity index (χ0v) is 13.3. The molecule has 100 valence electrons. The predicted octanol–water partition coefficient (Wildman–Crippen LogP) is 3.53. The molecule has 4 heteroatoms. The second-order valence-corrected chi connectivity index (χ2v) is 6.54. The van der Waals surface area contributed by atoms with Crippen molar-refractivity contribution < 1.29 is 0 Å². The summed E-state index contributed by atoms with van der Waals surface area (Å²) < 4.78 is 1.09. The largest absolute Gasteiger partial charge is 0.310 e. The number of nitrogens with zero attached hydrogens (tertiary/aromatic N) is 1. The minimum atomic E-state index is 0.615. The monoisotopic (exact) mass is 330 g/mol. The van der Waals surface area contributed by atoms with E-state index >= 15 is 0 Å². The predicted molar refractivity (Wildman–Crippen MR) is 81.1 cm³/mol. The lowest BCUT2D eigenvalue weighted by Crippen LogP contribution is -2.46. The summed E-state index contributed by atoms with van der Waals surface area (Å²) in [6, 6.07) is 6.60. The Balaban J connectivity index is 1.91. The molecular formula is C14H20BrClN2. The normalized spacial score (nSPS) is 25.3. The Kier molecular flexibility index (Phi) is 5.07. The third-order valence-corrected chi connectivity index (χ3v) is 4.65. The minimum Gasteiger partial charge on any atom is -0.310 e. The van der Waals surface area contributed by atoms with Crippen LogP contribution in [0.3, 0.4) is 0 Å². The lowest BCUT2D eigenvalue weighted by Gasteiger charge is -2.35. The molecule has 0 spiro atoms. The molecule has 18 heavy (non-hydrogen) atoms. The fraction of sp³-hybridized carbons (Fsp3) is 0.571. The van der Waals surface area contributed by atoms with Gasteiger partial charge in [0.25, 0.3) is 0 Å². The Morgan fingerprint density at radius 2 is 2.28 bits per heavy atom. The van der Waals surface area contributed by atoms with E-state index in [9.17, 15) is 0 Å². The molecule has 1 aromatic rings. The third kappa shape index (κ3) is 3.70. The first-order valence-electron chi connectivity index (χ1n) is 6.42. The Hall–Kier alpha value is -0.0900. The van der Waals surface area contributed by atoms with Crippen molar-refractivity contribution in [2.24, 2.45) is 5.92 Å². The first-order valence-corrected chi connectivity index (χ1v) is 7.59. The molecule has 1 fully saturated rings. The average Bonchev–Trinajstić information content (AvgIpc) is 2.30. The fourth-order valence-electron chi connectivity index (χ4n) is 2.56. The minimum absolute atomic E-state index is 0.615. The van der Waals surface area contributed by atoms with Gasteiger partial charge in [-0.05, 0) is 43.6 Å². The molecule has 1 N–H and O–H groups in total. The van der Waals surface area contributed by atoms with E-state index in [2.05, 4.69) is 46.2 Å². The molecule has 2 unspecified atom stereocenters. The van der Waals surface area contributed by atoms with Gasteiger partial charge in [-0.15, -0.1) is 0 Å². The van der Waals surface area contributed by atoms with E-state index in [1.807, 2.05) is 12.1 Å². The van der Waals surface area contributed by atoms with E-state index in [0.29, 0.717) is 12.0 Å².